The summed E-state index contributed by atoms with van der Waals surface area (Å²) in [5.74, 6) is 1.28. The fourth-order valence-corrected chi connectivity index (χ4v) is 3.07. The molecule has 4 heteroatoms. The number of carboxylic acid groups (broad SMARTS) is 1. The molecule has 1 aliphatic heterocycles. The summed E-state index contributed by atoms with van der Waals surface area (Å²) in [6, 6.07) is 0. The summed E-state index contributed by atoms with van der Waals surface area (Å²) in [5, 5.41) is 8.70. The molecule has 1 atom stereocenters. The van der Waals surface area contributed by atoms with E-state index in [4.69, 9.17) is 9.84 Å². The number of thioether (sulfide) groups is 1. The molecule has 0 saturated carbocycles. The Morgan fingerprint density at radius 1 is 1.75 bits per heavy atom. The molecule has 0 aromatic carbocycles. The molecule has 1 N–H and O–H groups in total. The monoisotopic (exact) mass is 190 g/mol. The minimum Gasteiger partial charge on any atom is -0.481 e. The minimum absolute atomic E-state index is 0.0920. The predicted octanol–water partition coefficient (Wildman–Crippen LogP) is 1.23. The second-order valence-corrected chi connectivity index (χ2v) is 4.41. The van der Waals surface area contributed by atoms with Crippen LogP contribution < -0.4 is 0 Å². The van der Waals surface area contributed by atoms with Gasteiger partial charge in [0.2, 0.25) is 0 Å². The van der Waals surface area contributed by atoms with Crippen molar-refractivity contribution in [1.82, 2.24) is 0 Å². The van der Waals surface area contributed by atoms with Crippen molar-refractivity contribution in [2.24, 2.45) is 5.41 Å². The Hall–Kier alpha value is -0.220. The van der Waals surface area contributed by atoms with Crippen molar-refractivity contribution < 1.29 is 14.6 Å². The molecular weight excluding hydrogens is 176 g/mol. The number of ether oxygens (including phenoxy) is 1. The van der Waals surface area contributed by atoms with Crippen LogP contribution in [0.5, 0.6) is 0 Å². The van der Waals surface area contributed by atoms with E-state index in [1.807, 2.05) is 11.8 Å². The lowest BCUT2D eigenvalue weighted by Crippen LogP contribution is -2.29. The molecule has 0 spiro atoms. The second kappa shape index (κ2) is 4.14. The molecule has 1 fully saturated rings. The summed E-state index contributed by atoms with van der Waals surface area (Å²) in [4.78, 5) is 10.6. The molecule has 12 heavy (non-hydrogen) atoms. The van der Waals surface area contributed by atoms with E-state index in [0.29, 0.717) is 6.61 Å². The first-order valence-electron chi connectivity index (χ1n) is 3.97. The van der Waals surface area contributed by atoms with E-state index in [2.05, 4.69) is 0 Å². The Morgan fingerprint density at radius 3 is 2.92 bits per heavy atom. The highest BCUT2D eigenvalue weighted by molar-refractivity contribution is 7.99. The Morgan fingerprint density at radius 2 is 2.50 bits per heavy atom. The molecule has 1 heterocycles. The first kappa shape index (κ1) is 9.86. The molecule has 3 nitrogen and oxygen atoms in total. The summed E-state index contributed by atoms with van der Waals surface area (Å²) >= 11 is 1.82. The number of methoxy groups -OCH3 is 1. The molecule has 1 rings (SSSR count). The number of carboxylic acids is 1. The lowest BCUT2D eigenvalue weighted by Gasteiger charge is -2.24. The van der Waals surface area contributed by atoms with E-state index in [-0.39, 0.29) is 11.8 Å². The van der Waals surface area contributed by atoms with Crippen molar-refractivity contribution in [2.75, 3.05) is 25.2 Å². The van der Waals surface area contributed by atoms with Crippen LogP contribution in [0.3, 0.4) is 0 Å². The Balaban J connectivity index is 2.52. The standard InChI is InChI=1S/C8H14O3S/c1-11-5-8(4-7(9)10)2-3-12-6-8/h2-6H2,1H3,(H,9,10). The molecule has 0 radical (unpaired) electrons. The van der Waals surface area contributed by atoms with Gasteiger partial charge in [-0.1, -0.05) is 0 Å². The van der Waals surface area contributed by atoms with Crippen LogP contribution in [-0.2, 0) is 9.53 Å². The fourth-order valence-electron chi connectivity index (χ4n) is 1.58. The van der Waals surface area contributed by atoms with Crippen LogP contribution in [0, 0.1) is 5.41 Å². The highest BCUT2D eigenvalue weighted by Gasteiger charge is 2.36. The maximum Gasteiger partial charge on any atom is 0.304 e. The molecule has 1 aliphatic rings. The lowest BCUT2D eigenvalue weighted by atomic mass is 9.85. The largest absolute Gasteiger partial charge is 0.481 e. The van der Waals surface area contributed by atoms with Crippen molar-refractivity contribution in [3.63, 3.8) is 0 Å². The predicted molar refractivity (Wildman–Crippen MR) is 48.5 cm³/mol. The van der Waals surface area contributed by atoms with Gasteiger partial charge in [-0.2, -0.15) is 11.8 Å². The molecule has 0 aromatic heterocycles. The molecule has 0 amide bonds. The summed E-state index contributed by atoms with van der Waals surface area (Å²) in [6.45, 7) is 0.576. The summed E-state index contributed by atoms with van der Waals surface area (Å²) in [5.41, 5.74) is -0.0920. The van der Waals surface area contributed by atoms with Gasteiger partial charge in [-0.05, 0) is 12.2 Å². The van der Waals surface area contributed by atoms with Crippen molar-refractivity contribution >= 4 is 17.7 Å². The van der Waals surface area contributed by atoms with Gasteiger partial charge < -0.3 is 9.84 Å². The van der Waals surface area contributed by atoms with Crippen molar-refractivity contribution in [1.29, 1.82) is 0 Å². The van der Waals surface area contributed by atoms with Crippen LogP contribution >= 0.6 is 11.8 Å². The third-order valence-corrected chi connectivity index (χ3v) is 3.47. The van der Waals surface area contributed by atoms with E-state index < -0.39 is 5.97 Å². The fraction of sp³-hybridized carbons (Fsp3) is 0.875. The van der Waals surface area contributed by atoms with Gasteiger partial charge in [-0.25, -0.2) is 0 Å². The summed E-state index contributed by atoms with van der Waals surface area (Å²) in [6.07, 6.45) is 1.21. The number of carbonyl (C=O) groups is 1. The lowest BCUT2D eigenvalue weighted by molar-refractivity contribution is -0.140. The van der Waals surface area contributed by atoms with Crippen LogP contribution in [0.2, 0.25) is 0 Å². The van der Waals surface area contributed by atoms with Crippen molar-refractivity contribution in [3.05, 3.63) is 0 Å². The quantitative estimate of drug-likeness (QED) is 0.724. The van der Waals surface area contributed by atoms with Crippen LogP contribution in [0.15, 0.2) is 0 Å². The first-order valence-corrected chi connectivity index (χ1v) is 5.12. The Kier molecular flexibility index (Phi) is 3.40. The first-order chi connectivity index (χ1) is 5.68. The van der Waals surface area contributed by atoms with Gasteiger partial charge in [0.15, 0.2) is 0 Å². The van der Waals surface area contributed by atoms with Crippen LogP contribution in [0.4, 0.5) is 0 Å². The van der Waals surface area contributed by atoms with Gasteiger partial charge in [0.1, 0.15) is 0 Å². The van der Waals surface area contributed by atoms with Gasteiger partial charge in [0.25, 0.3) is 0 Å². The van der Waals surface area contributed by atoms with Crippen LogP contribution in [0.1, 0.15) is 12.8 Å². The average molecular weight is 190 g/mol. The number of hydrogen-bond acceptors (Lipinski definition) is 3. The molecule has 0 bridgehead atoms. The van der Waals surface area contributed by atoms with E-state index >= 15 is 0 Å². The van der Waals surface area contributed by atoms with E-state index in [0.717, 1.165) is 17.9 Å². The SMILES string of the molecule is COCC1(CC(=O)O)CCSC1. The molecule has 1 saturated heterocycles. The van der Waals surface area contributed by atoms with Gasteiger partial charge in [0.05, 0.1) is 13.0 Å². The average Bonchev–Trinajstić information content (AvgIpc) is 2.36. The van der Waals surface area contributed by atoms with Gasteiger partial charge >= 0.3 is 5.97 Å². The summed E-state index contributed by atoms with van der Waals surface area (Å²) < 4.78 is 5.05. The van der Waals surface area contributed by atoms with Gasteiger partial charge in [0, 0.05) is 18.3 Å². The summed E-state index contributed by atoms with van der Waals surface area (Å²) in [7, 11) is 1.63. The van der Waals surface area contributed by atoms with Crippen LogP contribution in [-0.4, -0.2) is 36.3 Å². The third kappa shape index (κ3) is 2.38. The highest BCUT2D eigenvalue weighted by Crippen LogP contribution is 2.39. The van der Waals surface area contributed by atoms with Crippen LogP contribution in [0.25, 0.3) is 0 Å². The van der Waals surface area contributed by atoms with E-state index in [1.54, 1.807) is 7.11 Å². The maximum atomic E-state index is 10.6. The zero-order chi connectivity index (χ0) is 9.03. The smallest absolute Gasteiger partial charge is 0.304 e. The van der Waals surface area contributed by atoms with Gasteiger partial charge in [-0.3, -0.25) is 4.79 Å². The van der Waals surface area contributed by atoms with Crippen molar-refractivity contribution in [3.8, 4) is 0 Å². The van der Waals surface area contributed by atoms with Gasteiger partial charge in [-0.15, -0.1) is 0 Å². The van der Waals surface area contributed by atoms with Crippen molar-refractivity contribution in [2.45, 2.75) is 12.8 Å². The molecule has 70 valence electrons. The topological polar surface area (TPSA) is 46.5 Å². The molecular formula is C8H14O3S. The zero-order valence-electron chi connectivity index (χ0n) is 7.21. The zero-order valence-corrected chi connectivity index (χ0v) is 8.02. The maximum absolute atomic E-state index is 10.6. The molecule has 0 aromatic rings. The Labute approximate surface area is 76.5 Å². The minimum atomic E-state index is -0.713. The van der Waals surface area contributed by atoms with E-state index in [1.165, 1.54) is 0 Å². The normalized spacial score (nSPS) is 29.1. The molecule has 1 unspecified atom stereocenters. The number of rotatable bonds is 4. The third-order valence-electron chi connectivity index (χ3n) is 2.16. The molecule has 0 aliphatic carbocycles. The van der Waals surface area contributed by atoms with E-state index in [9.17, 15) is 4.79 Å². The Bertz CT molecular complexity index is 164. The second-order valence-electron chi connectivity index (χ2n) is 3.31. The number of aliphatic carboxylic acids is 1. The highest BCUT2D eigenvalue weighted by atomic mass is 32.2. The number of hydrogen-bond donors (Lipinski definition) is 1.